The first kappa shape index (κ1) is 12.0. The van der Waals surface area contributed by atoms with Crippen LogP contribution in [0.1, 0.15) is 5.56 Å². The normalized spacial score (nSPS) is 10.7. The van der Waals surface area contributed by atoms with Gasteiger partial charge in [-0.2, -0.15) is 0 Å². The number of benzene rings is 1. The number of thioether (sulfide) groups is 1. The minimum atomic E-state index is -0.0839. The zero-order valence-corrected chi connectivity index (χ0v) is 10.4. The predicted molar refractivity (Wildman–Crippen MR) is 71.4 cm³/mol. The molecule has 5 heteroatoms. The molecule has 1 heterocycles. The second-order valence-electron chi connectivity index (χ2n) is 3.70. The summed E-state index contributed by atoms with van der Waals surface area (Å²) in [5, 5.41) is 5.52. The molecule has 0 saturated carbocycles. The van der Waals surface area contributed by atoms with Gasteiger partial charge in [0.2, 0.25) is 0 Å². The van der Waals surface area contributed by atoms with Gasteiger partial charge in [-0.3, -0.25) is 15.0 Å². The zero-order chi connectivity index (χ0) is 12.3. The molecular weight excluding hydrogens is 234 g/mol. The van der Waals surface area contributed by atoms with E-state index in [1.54, 1.807) is 11.8 Å². The Balaban J connectivity index is 2.41. The maximum absolute atomic E-state index is 11.6. The monoisotopic (exact) mass is 249 g/mol. The number of H-pyrrole nitrogens is 2. The number of hydrogen-bond acceptors (Lipinski definition) is 3. The van der Waals surface area contributed by atoms with Crippen molar-refractivity contribution in [2.24, 2.45) is 5.73 Å². The first-order valence-electron chi connectivity index (χ1n) is 5.40. The summed E-state index contributed by atoms with van der Waals surface area (Å²) in [5.74, 6) is 0. The summed E-state index contributed by atoms with van der Waals surface area (Å²) in [5.41, 5.74) is 8.00. The fourth-order valence-corrected chi connectivity index (χ4v) is 2.18. The standard InChI is InChI=1S/C12H15N3OS/c1-17-9-4-2-8(3-5-9)11-10(6-7-13)12(16)15-14-11/h2-5H,6-7,13H2,1H3,(H2,14,15,16). The Kier molecular flexibility index (Phi) is 3.71. The first-order chi connectivity index (χ1) is 8.26. The van der Waals surface area contributed by atoms with Gasteiger partial charge in [0.05, 0.1) is 5.69 Å². The summed E-state index contributed by atoms with van der Waals surface area (Å²) in [6.07, 6.45) is 2.62. The molecule has 90 valence electrons. The Morgan fingerprint density at radius 2 is 1.94 bits per heavy atom. The van der Waals surface area contributed by atoms with Crippen LogP contribution in [0.4, 0.5) is 0 Å². The Morgan fingerprint density at radius 1 is 1.24 bits per heavy atom. The third kappa shape index (κ3) is 2.45. The predicted octanol–water partition coefficient (Wildman–Crippen LogP) is 1.59. The van der Waals surface area contributed by atoms with Crippen LogP contribution in [0, 0.1) is 0 Å². The van der Waals surface area contributed by atoms with Crippen molar-refractivity contribution in [1.82, 2.24) is 10.2 Å². The Hall–Kier alpha value is -1.46. The van der Waals surface area contributed by atoms with E-state index in [9.17, 15) is 4.79 Å². The van der Waals surface area contributed by atoms with Crippen molar-refractivity contribution >= 4 is 11.8 Å². The van der Waals surface area contributed by atoms with Crippen LogP contribution in [0.5, 0.6) is 0 Å². The highest BCUT2D eigenvalue weighted by Gasteiger charge is 2.10. The van der Waals surface area contributed by atoms with Crippen LogP contribution in [0.25, 0.3) is 11.3 Å². The van der Waals surface area contributed by atoms with Crippen molar-refractivity contribution in [3.63, 3.8) is 0 Å². The minimum absolute atomic E-state index is 0.0839. The molecule has 0 aliphatic carbocycles. The highest BCUT2D eigenvalue weighted by molar-refractivity contribution is 7.98. The van der Waals surface area contributed by atoms with Crippen molar-refractivity contribution in [1.29, 1.82) is 0 Å². The van der Waals surface area contributed by atoms with Gasteiger partial charge in [0.25, 0.3) is 5.56 Å². The molecule has 1 aromatic carbocycles. The number of rotatable bonds is 4. The van der Waals surface area contributed by atoms with Gasteiger partial charge in [-0.25, -0.2) is 0 Å². The smallest absolute Gasteiger partial charge is 0.267 e. The summed E-state index contributed by atoms with van der Waals surface area (Å²) in [7, 11) is 0. The molecule has 0 spiro atoms. The average Bonchev–Trinajstić information content (AvgIpc) is 2.72. The lowest BCUT2D eigenvalue weighted by Gasteiger charge is -2.02. The van der Waals surface area contributed by atoms with Gasteiger partial charge in [0.15, 0.2) is 0 Å². The molecule has 4 nitrogen and oxygen atoms in total. The largest absolute Gasteiger partial charge is 0.330 e. The van der Waals surface area contributed by atoms with E-state index in [1.165, 1.54) is 4.90 Å². The summed E-state index contributed by atoms with van der Waals surface area (Å²) in [4.78, 5) is 12.8. The van der Waals surface area contributed by atoms with E-state index in [1.807, 2.05) is 30.5 Å². The lowest BCUT2D eigenvalue weighted by Crippen LogP contribution is -2.12. The fourth-order valence-electron chi connectivity index (χ4n) is 1.77. The van der Waals surface area contributed by atoms with Crippen LogP contribution < -0.4 is 11.3 Å². The van der Waals surface area contributed by atoms with Crippen molar-refractivity contribution in [3.05, 3.63) is 40.2 Å². The molecule has 0 aliphatic heterocycles. The summed E-state index contributed by atoms with van der Waals surface area (Å²) in [6, 6.07) is 8.09. The van der Waals surface area contributed by atoms with E-state index in [-0.39, 0.29) is 5.56 Å². The number of aromatic nitrogens is 2. The lowest BCUT2D eigenvalue weighted by atomic mass is 10.1. The summed E-state index contributed by atoms with van der Waals surface area (Å²) in [6.45, 7) is 0.469. The van der Waals surface area contributed by atoms with Crippen molar-refractivity contribution in [3.8, 4) is 11.3 Å². The van der Waals surface area contributed by atoms with E-state index in [2.05, 4.69) is 10.2 Å². The summed E-state index contributed by atoms with van der Waals surface area (Å²) < 4.78 is 0. The molecule has 0 atom stereocenters. The average molecular weight is 249 g/mol. The van der Waals surface area contributed by atoms with E-state index < -0.39 is 0 Å². The van der Waals surface area contributed by atoms with E-state index in [4.69, 9.17) is 5.73 Å². The minimum Gasteiger partial charge on any atom is -0.330 e. The van der Waals surface area contributed by atoms with Gasteiger partial charge >= 0.3 is 0 Å². The van der Waals surface area contributed by atoms with Gasteiger partial charge in [0, 0.05) is 10.5 Å². The first-order valence-corrected chi connectivity index (χ1v) is 6.62. The van der Waals surface area contributed by atoms with Gasteiger partial charge in [-0.15, -0.1) is 11.8 Å². The SMILES string of the molecule is CSc1ccc(-c2[nH][nH]c(=O)c2CCN)cc1. The highest BCUT2D eigenvalue weighted by atomic mass is 32.2. The molecule has 1 aromatic heterocycles. The third-order valence-corrected chi connectivity index (χ3v) is 3.39. The van der Waals surface area contributed by atoms with E-state index in [0.717, 1.165) is 16.8 Å². The topological polar surface area (TPSA) is 74.7 Å². The molecule has 0 fully saturated rings. The molecule has 0 aliphatic rings. The second-order valence-corrected chi connectivity index (χ2v) is 4.58. The van der Waals surface area contributed by atoms with Gasteiger partial charge < -0.3 is 5.73 Å². The maximum atomic E-state index is 11.6. The second kappa shape index (κ2) is 5.25. The number of aromatic amines is 2. The molecule has 2 aromatic rings. The van der Waals surface area contributed by atoms with Crippen molar-refractivity contribution < 1.29 is 0 Å². The molecule has 0 amide bonds. The number of hydrogen-bond donors (Lipinski definition) is 3. The molecule has 2 rings (SSSR count). The lowest BCUT2D eigenvalue weighted by molar-refractivity contribution is 0.960. The summed E-state index contributed by atoms with van der Waals surface area (Å²) >= 11 is 1.69. The molecule has 0 unspecified atom stereocenters. The quantitative estimate of drug-likeness (QED) is 0.720. The van der Waals surface area contributed by atoms with Crippen LogP contribution in [-0.4, -0.2) is 23.0 Å². The number of nitrogens with one attached hydrogen (secondary N) is 2. The zero-order valence-electron chi connectivity index (χ0n) is 9.62. The molecule has 0 radical (unpaired) electrons. The number of nitrogens with two attached hydrogens (primary N) is 1. The van der Waals surface area contributed by atoms with Crippen molar-refractivity contribution in [2.75, 3.05) is 12.8 Å². The Bertz CT molecular complexity index is 542. The molecule has 4 N–H and O–H groups in total. The van der Waals surface area contributed by atoms with Crippen LogP contribution >= 0.6 is 11.8 Å². The van der Waals surface area contributed by atoms with Gasteiger partial charge in [0.1, 0.15) is 0 Å². The molecule has 0 bridgehead atoms. The Labute approximate surface area is 104 Å². The van der Waals surface area contributed by atoms with Gasteiger partial charge in [-0.05, 0) is 36.9 Å². The van der Waals surface area contributed by atoms with E-state index in [0.29, 0.717) is 13.0 Å². The molecule has 17 heavy (non-hydrogen) atoms. The molecule has 0 saturated heterocycles. The Morgan fingerprint density at radius 3 is 2.53 bits per heavy atom. The highest BCUT2D eigenvalue weighted by Crippen LogP contribution is 2.22. The van der Waals surface area contributed by atoms with Crippen LogP contribution in [0.15, 0.2) is 34.0 Å². The van der Waals surface area contributed by atoms with E-state index >= 15 is 0 Å². The van der Waals surface area contributed by atoms with Crippen LogP contribution in [0.3, 0.4) is 0 Å². The van der Waals surface area contributed by atoms with Crippen molar-refractivity contribution in [2.45, 2.75) is 11.3 Å². The van der Waals surface area contributed by atoms with Crippen LogP contribution in [0.2, 0.25) is 0 Å². The van der Waals surface area contributed by atoms with Crippen LogP contribution in [-0.2, 0) is 6.42 Å². The third-order valence-electron chi connectivity index (χ3n) is 2.65. The molecular formula is C12H15N3OS. The van der Waals surface area contributed by atoms with Gasteiger partial charge in [-0.1, -0.05) is 12.1 Å². The fraction of sp³-hybridized carbons (Fsp3) is 0.250. The maximum Gasteiger partial charge on any atom is 0.267 e.